The summed E-state index contributed by atoms with van der Waals surface area (Å²) in [6.07, 6.45) is 2.99. The van der Waals surface area contributed by atoms with Gasteiger partial charge in [-0.25, -0.2) is 13.8 Å². The Kier molecular flexibility index (Phi) is 6.60. The summed E-state index contributed by atoms with van der Waals surface area (Å²) in [6.45, 7) is 3.50. The van der Waals surface area contributed by atoms with Gasteiger partial charge in [0.2, 0.25) is 11.8 Å². The van der Waals surface area contributed by atoms with Crippen LogP contribution in [0, 0.1) is 17.6 Å². The lowest BCUT2D eigenvalue weighted by Gasteiger charge is -2.35. The van der Waals surface area contributed by atoms with Gasteiger partial charge < -0.3 is 19.0 Å². The number of likely N-dealkylation sites (tertiary alicyclic amines) is 1. The molecule has 0 saturated carbocycles. The van der Waals surface area contributed by atoms with E-state index in [1.165, 1.54) is 12.3 Å². The van der Waals surface area contributed by atoms with Crippen molar-refractivity contribution in [3.05, 3.63) is 41.9 Å². The van der Waals surface area contributed by atoms with Crippen LogP contribution < -0.4 is 0 Å². The molecule has 31 heavy (non-hydrogen) atoms. The number of nitrogens with zero attached hydrogens (tertiary/aromatic N) is 3. The predicted molar refractivity (Wildman–Crippen MR) is 107 cm³/mol. The van der Waals surface area contributed by atoms with Crippen LogP contribution in [0.4, 0.5) is 8.78 Å². The number of hydrogen-bond acceptors (Lipinski definition) is 5. The van der Waals surface area contributed by atoms with E-state index < -0.39 is 11.6 Å². The zero-order valence-electron chi connectivity index (χ0n) is 17.2. The molecule has 4 rings (SSSR count). The summed E-state index contributed by atoms with van der Waals surface area (Å²) in [5.41, 5.74) is -0.264. The minimum absolute atomic E-state index is 0.000452. The van der Waals surface area contributed by atoms with Crippen LogP contribution in [0.2, 0.25) is 0 Å². The maximum absolute atomic E-state index is 13.9. The Balaban J connectivity index is 1.26. The van der Waals surface area contributed by atoms with Crippen molar-refractivity contribution in [3.63, 3.8) is 0 Å². The topological polar surface area (TPSA) is 75.9 Å². The molecule has 3 heterocycles. The molecule has 2 aliphatic rings. The normalized spacial score (nSPS) is 17.7. The van der Waals surface area contributed by atoms with E-state index in [0.717, 1.165) is 12.1 Å². The van der Waals surface area contributed by atoms with Gasteiger partial charge in [0.15, 0.2) is 11.7 Å². The smallest absolute Gasteiger partial charge is 0.225 e. The number of piperidine rings is 1. The quantitative estimate of drug-likeness (QED) is 0.725. The highest BCUT2D eigenvalue weighted by molar-refractivity contribution is 5.80. The third-order valence-corrected chi connectivity index (χ3v) is 5.84. The van der Waals surface area contributed by atoms with Crippen molar-refractivity contribution in [2.45, 2.75) is 25.7 Å². The first-order chi connectivity index (χ1) is 15.0. The minimum Gasteiger partial charge on any atom is -0.441 e. The molecule has 0 aliphatic carbocycles. The average Bonchev–Trinajstić information content (AvgIpc) is 3.26. The summed E-state index contributed by atoms with van der Waals surface area (Å²) < 4.78 is 38.5. The molecule has 7 nitrogen and oxygen atoms in total. The molecule has 0 N–H and O–H groups in total. The fraction of sp³-hybridized carbons (Fsp3) is 0.500. The maximum atomic E-state index is 13.9. The lowest BCUT2D eigenvalue weighted by Crippen LogP contribution is -2.47. The number of rotatable bonds is 5. The molecule has 2 fully saturated rings. The van der Waals surface area contributed by atoms with E-state index in [0.29, 0.717) is 52.2 Å². The van der Waals surface area contributed by atoms with E-state index in [2.05, 4.69) is 4.98 Å². The molecule has 9 heteroatoms. The number of carbonyl (C=O) groups excluding carboxylic acids is 2. The standard InChI is InChI=1S/C22H25F2N3O4/c23-16-2-1-3-17(24)21(16)18-14-25-19(31-18)4-5-20(28)26-8-6-15(7-9-26)22(29)27-10-12-30-13-11-27/h1-3,14-15H,4-13H2. The van der Waals surface area contributed by atoms with Gasteiger partial charge in [-0.1, -0.05) is 6.07 Å². The van der Waals surface area contributed by atoms with Crippen molar-refractivity contribution in [2.24, 2.45) is 5.92 Å². The van der Waals surface area contributed by atoms with Crippen molar-refractivity contribution in [1.82, 2.24) is 14.8 Å². The molecular formula is C22H25F2N3O4. The molecule has 2 amide bonds. The van der Waals surface area contributed by atoms with Gasteiger partial charge in [-0.15, -0.1) is 0 Å². The largest absolute Gasteiger partial charge is 0.441 e. The Bertz CT molecular complexity index is 914. The third-order valence-electron chi connectivity index (χ3n) is 5.84. The van der Waals surface area contributed by atoms with E-state index >= 15 is 0 Å². The van der Waals surface area contributed by atoms with E-state index in [1.807, 2.05) is 4.90 Å². The second-order valence-corrected chi connectivity index (χ2v) is 7.81. The van der Waals surface area contributed by atoms with Gasteiger partial charge in [0, 0.05) is 44.9 Å². The Morgan fingerprint density at radius 2 is 1.71 bits per heavy atom. The monoisotopic (exact) mass is 433 g/mol. The van der Waals surface area contributed by atoms with Crippen LogP contribution >= 0.6 is 0 Å². The van der Waals surface area contributed by atoms with Gasteiger partial charge >= 0.3 is 0 Å². The second-order valence-electron chi connectivity index (χ2n) is 7.81. The summed E-state index contributed by atoms with van der Waals surface area (Å²) in [7, 11) is 0. The molecule has 2 aromatic rings. The van der Waals surface area contributed by atoms with Gasteiger partial charge in [0.1, 0.15) is 11.6 Å². The minimum atomic E-state index is -0.728. The molecule has 0 radical (unpaired) electrons. The molecule has 0 unspecified atom stereocenters. The zero-order valence-corrected chi connectivity index (χ0v) is 17.2. The number of benzene rings is 1. The summed E-state index contributed by atoms with van der Waals surface area (Å²) in [5, 5.41) is 0. The Morgan fingerprint density at radius 3 is 2.39 bits per heavy atom. The lowest BCUT2D eigenvalue weighted by molar-refractivity contribution is -0.143. The van der Waals surface area contributed by atoms with E-state index in [-0.39, 0.29) is 47.8 Å². The first kappa shape index (κ1) is 21.4. The van der Waals surface area contributed by atoms with Crippen LogP contribution in [-0.4, -0.2) is 66.0 Å². The fourth-order valence-corrected chi connectivity index (χ4v) is 4.06. The molecule has 0 spiro atoms. The van der Waals surface area contributed by atoms with Crippen LogP contribution in [0.1, 0.15) is 25.2 Å². The highest BCUT2D eigenvalue weighted by Crippen LogP contribution is 2.27. The summed E-state index contributed by atoms with van der Waals surface area (Å²) in [5.74, 6) is -1.14. The van der Waals surface area contributed by atoms with Crippen LogP contribution in [-0.2, 0) is 20.7 Å². The molecule has 2 aliphatic heterocycles. The first-order valence-electron chi connectivity index (χ1n) is 10.6. The Morgan fingerprint density at radius 1 is 1.03 bits per heavy atom. The van der Waals surface area contributed by atoms with E-state index in [4.69, 9.17) is 9.15 Å². The summed E-state index contributed by atoms with van der Waals surface area (Å²) >= 11 is 0. The second kappa shape index (κ2) is 9.55. The van der Waals surface area contributed by atoms with Crippen molar-refractivity contribution in [1.29, 1.82) is 0 Å². The van der Waals surface area contributed by atoms with Crippen LogP contribution in [0.5, 0.6) is 0 Å². The fourth-order valence-electron chi connectivity index (χ4n) is 4.06. The Hall–Kier alpha value is -2.81. The summed E-state index contributed by atoms with van der Waals surface area (Å²) in [6, 6.07) is 3.58. The number of amides is 2. The number of ether oxygens (including phenoxy) is 1. The maximum Gasteiger partial charge on any atom is 0.225 e. The van der Waals surface area contributed by atoms with Gasteiger partial charge in [-0.3, -0.25) is 9.59 Å². The van der Waals surface area contributed by atoms with Gasteiger partial charge in [0.25, 0.3) is 0 Å². The molecule has 0 bridgehead atoms. The predicted octanol–water partition coefficient (Wildman–Crippen LogP) is 2.65. The van der Waals surface area contributed by atoms with Crippen molar-refractivity contribution >= 4 is 11.8 Å². The number of carbonyl (C=O) groups is 2. The van der Waals surface area contributed by atoms with Crippen LogP contribution in [0.15, 0.2) is 28.8 Å². The molecule has 166 valence electrons. The number of halogens is 2. The van der Waals surface area contributed by atoms with Crippen LogP contribution in [0.25, 0.3) is 11.3 Å². The zero-order chi connectivity index (χ0) is 21.8. The molecule has 0 atom stereocenters. The number of hydrogen-bond donors (Lipinski definition) is 0. The van der Waals surface area contributed by atoms with Crippen LogP contribution in [0.3, 0.4) is 0 Å². The first-order valence-corrected chi connectivity index (χ1v) is 10.6. The highest BCUT2D eigenvalue weighted by atomic mass is 19.1. The van der Waals surface area contributed by atoms with Crippen molar-refractivity contribution < 1.29 is 27.5 Å². The van der Waals surface area contributed by atoms with Gasteiger partial charge in [-0.2, -0.15) is 0 Å². The molecule has 2 saturated heterocycles. The molecule has 1 aromatic heterocycles. The van der Waals surface area contributed by atoms with Crippen molar-refractivity contribution in [2.75, 3.05) is 39.4 Å². The average molecular weight is 433 g/mol. The van der Waals surface area contributed by atoms with E-state index in [9.17, 15) is 18.4 Å². The van der Waals surface area contributed by atoms with Crippen molar-refractivity contribution in [3.8, 4) is 11.3 Å². The van der Waals surface area contributed by atoms with E-state index in [1.54, 1.807) is 4.90 Å². The lowest BCUT2D eigenvalue weighted by atomic mass is 9.95. The number of aromatic nitrogens is 1. The number of aryl methyl sites for hydroxylation is 1. The molecular weight excluding hydrogens is 408 g/mol. The van der Waals surface area contributed by atoms with Gasteiger partial charge in [0.05, 0.1) is 25.0 Å². The number of morpholine rings is 1. The third kappa shape index (κ3) is 4.92. The SMILES string of the molecule is O=C(CCc1ncc(-c2c(F)cccc2F)o1)N1CCC(C(=O)N2CCOCC2)CC1. The Labute approximate surface area is 179 Å². The molecule has 1 aromatic carbocycles. The van der Waals surface area contributed by atoms with Gasteiger partial charge in [-0.05, 0) is 25.0 Å². The number of oxazole rings is 1. The summed E-state index contributed by atoms with van der Waals surface area (Å²) in [4.78, 5) is 32.8. The highest BCUT2D eigenvalue weighted by Gasteiger charge is 2.30.